The third-order valence-electron chi connectivity index (χ3n) is 5.68. The third-order valence-corrected chi connectivity index (χ3v) is 7.34. The van der Waals surface area contributed by atoms with E-state index < -0.39 is 28.7 Å². The molecule has 0 spiro atoms. The highest BCUT2D eigenvalue weighted by Crippen LogP contribution is 2.48. The lowest BCUT2D eigenvalue weighted by Gasteiger charge is -2.36. The summed E-state index contributed by atoms with van der Waals surface area (Å²) < 4.78 is -0.591. The third kappa shape index (κ3) is 6.07. The molecule has 0 aliphatic carbocycles. The molecule has 0 aromatic heterocycles. The summed E-state index contributed by atoms with van der Waals surface area (Å²) in [7, 11) is 0. The van der Waals surface area contributed by atoms with E-state index >= 15 is 0 Å². The Hall–Kier alpha value is -3.09. The highest BCUT2D eigenvalue weighted by atomic mass is 32.2. The predicted molar refractivity (Wildman–Crippen MR) is 139 cm³/mol. The lowest BCUT2D eigenvalue weighted by molar-refractivity contribution is -0.142. The second-order valence-corrected chi connectivity index (χ2v) is 9.96. The van der Waals surface area contributed by atoms with Crippen LogP contribution in [0.25, 0.3) is 0 Å². The van der Waals surface area contributed by atoms with Gasteiger partial charge in [-0.2, -0.15) is 0 Å². The number of amides is 1. The van der Waals surface area contributed by atoms with Crippen molar-refractivity contribution >= 4 is 23.6 Å². The van der Waals surface area contributed by atoms with E-state index in [1.165, 1.54) is 0 Å². The van der Waals surface area contributed by atoms with Crippen LogP contribution in [0.1, 0.15) is 37.0 Å². The van der Waals surface area contributed by atoms with Crippen molar-refractivity contribution in [2.75, 3.05) is 5.75 Å². The minimum Gasteiger partial charge on any atom is -0.480 e. The number of rotatable bonds is 11. The number of hydrogen-bond acceptors (Lipinski definition) is 4. The fraction of sp³-hybridized carbons (Fsp3) is 0.286. The number of hydrogen-bond donors (Lipinski definition) is 3. The van der Waals surface area contributed by atoms with Gasteiger partial charge in [-0.25, -0.2) is 4.79 Å². The Morgan fingerprint density at radius 1 is 0.853 bits per heavy atom. The zero-order chi connectivity index (χ0) is 24.6. The molecule has 0 heterocycles. The molecule has 178 valence electrons. The zero-order valence-corrected chi connectivity index (χ0v) is 20.4. The molecule has 0 unspecified atom stereocenters. The summed E-state index contributed by atoms with van der Waals surface area (Å²) in [5.74, 6) is -1.06. The monoisotopic (exact) mass is 476 g/mol. The van der Waals surface area contributed by atoms with Crippen molar-refractivity contribution in [2.45, 2.75) is 37.1 Å². The average molecular weight is 477 g/mol. The van der Waals surface area contributed by atoms with Crippen molar-refractivity contribution in [3.8, 4) is 0 Å². The summed E-state index contributed by atoms with van der Waals surface area (Å²) in [4.78, 5) is 24.5. The number of carboxylic acids is 1. The molecule has 3 aromatic carbocycles. The molecule has 34 heavy (non-hydrogen) atoms. The first-order valence-corrected chi connectivity index (χ1v) is 12.4. The summed E-state index contributed by atoms with van der Waals surface area (Å²) in [6.07, 6.45) is 0.350. The first-order valence-electron chi connectivity index (χ1n) is 11.4. The van der Waals surface area contributed by atoms with Crippen LogP contribution in [0, 0.1) is 5.92 Å². The minimum absolute atomic E-state index is 0.133. The number of thioether (sulfide) groups is 1. The maximum absolute atomic E-state index is 12.9. The first-order chi connectivity index (χ1) is 16.3. The summed E-state index contributed by atoms with van der Waals surface area (Å²) >= 11 is 1.58. The molecule has 2 atom stereocenters. The molecule has 0 bridgehead atoms. The second kappa shape index (κ2) is 11.9. The van der Waals surface area contributed by atoms with Gasteiger partial charge in [0.2, 0.25) is 5.91 Å². The van der Waals surface area contributed by atoms with Crippen molar-refractivity contribution in [3.63, 3.8) is 0 Å². The Bertz CT molecular complexity index is 962. The van der Waals surface area contributed by atoms with Crippen LogP contribution in [0.4, 0.5) is 0 Å². The van der Waals surface area contributed by atoms with Crippen LogP contribution in [0.2, 0.25) is 0 Å². The van der Waals surface area contributed by atoms with Gasteiger partial charge in [0.1, 0.15) is 6.04 Å². The van der Waals surface area contributed by atoms with Crippen molar-refractivity contribution in [1.82, 2.24) is 5.32 Å². The Labute approximate surface area is 205 Å². The van der Waals surface area contributed by atoms with Gasteiger partial charge in [0.15, 0.2) is 0 Å². The molecule has 0 aliphatic heterocycles. The standard InChI is InChI=1S/C28H32N2O3S/c1-20(2)18-25(27(32)33)30-26(31)24(29)19-34-28(21-12-6-3-7-13-21,22-14-8-4-9-15-22)23-16-10-5-11-17-23/h3-17,20,24-25H,18-19,29H2,1-2H3,(H,30,31)(H,32,33)/t24-,25-/m0/s1. The van der Waals surface area contributed by atoms with Crippen LogP contribution in [-0.4, -0.2) is 34.8 Å². The Kier molecular flexibility index (Phi) is 8.91. The number of carbonyl (C=O) groups excluding carboxylic acids is 1. The van der Waals surface area contributed by atoms with Crippen LogP contribution in [0.15, 0.2) is 91.0 Å². The maximum atomic E-state index is 12.9. The van der Waals surface area contributed by atoms with Crippen molar-refractivity contribution in [3.05, 3.63) is 108 Å². The van der Waals surface area contributed by atoms with Gasteiger partial charge in [-0.1, -0.05) is 105 Å². The van der Waals surface area contributed by atoms with E-state index in [0.29, 0.717) is 12.2 Å². The number of carbonyl (C=O) groups is 2. The quantitative estimate of drug-likeness (QED) is 0.350. The molecule has 0 fully saturated rings. The smallest absolute Gasteiger partial charge is 0.326 e. The number of nitrogens with two attached hydrogens (primary N) is 1. The molecule has 3 rings (SSSR count). The highest BCUT2D eigenvalue weighted by molar-refractivity contribution is 8.00. The van der Waals surface area contributed by atoms with Crippen molar-refractivity contribution in [1.29, 1.82) is 0 Å². The Balaban J connectivity index is 1.94. The first kappa shape index (κ1) is 25.5. The fourth-order valence-electron chi connectivity index (χ4n) is 4.03. The Morgan fingerprint density at radius 3 is 1.62 bits per heavy atom. The lowest BCUT2D eigenvalue weighted by Crippen LogP contribution is -2.50. The number of aliphatic carboxylic acids is 1. The van der Waals surface area contributed by atoms with Gasteiger partial charge >= 0.3 is 5.97 Å². The van der Waals surface area contributed by atoms with Gasteiger partial charge in [0.25, 0.3) is 0 Å². The largest absolute Gasteiger partial charge is 0.480 e. The fourth-order valence-corrected chi connectivity index (χ4v) is 5.52. The summed E-state index contributed by atoms with van der Waals surface area (Å²) in [5.41, 5.74) is 9.54. The molecule has 0 saturated carbocycles. The van der Waals surface area contributed by atoms with E-state index in [4.69, 9.17) is 5.73 Å². The van der Waals surface area contributed by atoms with Crippen molar-refractivity contribution < 1.29 is 14.7 Å². The van der Waals surface area contributed by atoms with Gasteiger partial charge in [-0.15, -0.1) is 11.8 Å². The normalized spacial score (nSPS) is 13.3. The SMILES string of the molecule is CC(C)C[C@H](NC(=O)[C@@H](N)CSC(c1ccccc1)(c1ccccc1)c1ccccc1)C(=O)O. The molecule has 0 radical (unpaired) electrons. The van der Waals surface area contributed by atoms with Crippen molar-refractivity contribution in [2.24, 2.45) is 11.7 Å². The molecule has 1 amide bonds. The lowest BCUT2D eigenvalue weighted by atomic mass is 9.84. The van der Waals surface area contributed by atoms with Crippen LogP contribution in [-0.2, 0) is 14.3 Å². The van der Waals surface area contributed by atoms with Crippen LogP contribution in [0.5, 0.6) is 0 Å². The molecule has 5 nitrogen and oxygen atoms in total. The zero-order valence-electron chi connectivity index (χ0n) is 19.6. The van der Waals surface area contributed by atoms with E-state index in [2.05, 4.69) is 41.7 Å². The minimum atomic E-state index is -1.05. The van der Waals surface area contributed by atoms with E-state index in [1.54, 1.807) is 11.8 Å². The topological polar surface area (TPSA) is 92.4 Å². The Morgan fingerprint density at radius 2 is 1.26 bits per heavy atom. The molecule has 3 aromatic rings. The molecule has 0 aliphatic rings. The summed E-state index contributed by atoms with van der Waals surface area (Å²) in [6, 6.07) is 28.7. The van der Waals surface area contributed by atoms with Gasteiger partial charge in [0, 0.05) is 5.75 Å². The number of benzene rings is 3. The number of carboxylic acid groups (broad SMARTS) is 1. The molecular formula is C28H32N2O3S. The molecular weight excluding hydrogens is 444 g/mol. The summed E-state index contributed by atoms with van der Waals surface area (Å²) in [5, 5.41) is 12.1. The van der Waals surface area contributed by atoms with E-state index in [-0.39, 0.29) is 5.92 Å². The van der Waals surface area contributed by atoms with E-state index in [0.717, 1.165) is 16.7 Å². The summed E-state index contributed by atoms with van der Waals surface area (Å²) in [6.45, 7) is 3.84. The van der Waals surface area contributed by atoms with Gasteiger partial charge in [-0.3, -0.25) is 4.79 Å². The molecule has 6 heteroatoms. The van der Waals surface area contributed by atoms with Gasteiger partial charge < -0.3 is 16.2 Å². The highest BCUT2D eigenvalue weighted by Gasteiger charge is 2.38. The maximum Gasteiger partial charge on any atom is 0.326 e. The molecule has 4 N–H and O–H groups in total. The van der Waals surface area contributed by atoms with Gasteiger partial charge in [0.05, 0.1) is 10.8 Å². The van der Waals surface area contributed by atoms with Crippen LogP contribution >= 0.6 is 11.8 Å². The average Bonchev–Trinajstić information content (AvgIpc) is 2.85. The number of nitrogens with one attached hydrogen (secondary N) is 1. The second-order valence-electron chi connectivity index (χ2n) is 8.73. The van der Waals surface area contributed by atoms with Crippen LogP contribution in [0.3, 0.4) is 0 Å². The van der Waals surface area contributed by atoms with Gasteiger partial charge in [-0.05, 0) is 29.0 Å². The van der Waals surface area contributed by atoms with E-state index in [9.17, 15) is 14.7 Å². The van der Waals surface area contributed by atoms with E-state index in [1.807, 2.05) is 68.4 Å². The molecule has 0 saturated heterocycles. The van der Waals surface area contributed by atoms with Crippen LogP contribution < -0.4 is 11.1 Å². The predicted octanol–water partition coefficient (Wildman–Crippen LogP) is 4.65.